The molecule has 4 nitrogen and oxygen atoms in total. The standard InChI is InChI=1S/C13H13BrClN3OS/c1-7(2)5-11-17-18-13(20-11)16-12(19)8-3-4-10(15)9(14)6-8/h3-4,6-7H,5H2,1-2H3,(H,16,18,19). The Labute approximate surface area is 134 Å². The Bertz CT molecular complexity index is 630. The van der Waals surface area contributed by atoms with Crippen LogP contribution in [0.5, 0.6) is 0 Å². The molecule has 0 fully saturated rings. The molecule has 0 bridgehead atoms. The number of amides is 1. The van der Waals surface area contributed by atoms with Crippen LogP contribution in [0.4, 0.5) is 5.13 Å². The van der Waals surface area contributed by atoms with Crippen molar-refractivity contribution in [1.82, 2.24) is 10.2 Å². The third-order valence-electron chi connectivity index (χ3n) is 2.45. The summed E-state index contributed by atoms with van der Waals surface area (Å²) in [5.74, 6) is 0.285. The summed E-state index contributed by atoms with van der Waals surface area (Å²) in [6, 6.07) is 5.01. The summed E-state index contributed by atoms with van der Waals surface area (Å²) in [6.45, 7) is 4.23. The summed E-state index contributed by atoms with van der Waals surface area (Å²) in [4.78, 5) is 12.1. The third-order valence-corrected chi connectivity index (χ3v) is 4.53. The zero-order valence-corrected chi connectivity index (χ0v) is 14.1. The van der Waals surface area contributed by atoms with Gasteiger partial charge in [-0.3, -0.25) is 10.1 Å². The summed E-state index contributed by atoms with van der Waals surface area (Å²) < 4.78 is 0.685. The van der Waals surface area contributed by atoms with Crippen molar-refractivity contribution in [3.05, 3.63) is 38.3 Å². The molecule has 1 aromatic carbocycles. The highest BCUT2D eigenvalue weighted by molar-refractivity contribution is 9.10. The van der Waals surface area contributed by atoms with E-state index in [4.69, 9.17) is 11.6 Å². The smallest absolute Gasteiger partial charge is 0.257 e. The van der Waals surface area contributed by atoms with Crippen molar-refractivity contribution in [2.45, 2.75) is 20.3 Å². The predicted molar refractivity (Wildman–Crippen MR) is 85.6 cm³/mol. The van der Waals surface area contributed by atoms with Gasteiger partial charge in [-0.25, -0.2) is 0 Å². The van der Waals surface area contributed by atoms with E-state index in [1.807, 2.05) is 0 Å². The van der Waals surface area contributed by atoms with Gasteiger partial charge >= 0.3 is 0 Å². The van der Waals surface area contributed by atoms with E-state index in [2.05, 4.69) is 45.3 Å². The number of halogens is 2. The molecule has 7 heteroatoms. The number of hydrogen-bond donors (Lipinski definition) is 1. The third kappa shape index (κ3) is 4.01. The van der Waals surface area contributed by atoms with Crippen molar-refractivity contribution < 1.29 is 4.79 Å². The fraction of sp³-hybridized carbons (Fsp3) is 0.308. The van der Waals surface area contributed by atoms with Gasteiger partial charge in [0.1, 0.15) is 5.01 Å². The first-order valence-corrected chi connectivity index (χ1v) is 8.03. The lowest BCUT2D eigenvalue weighted by atomic mass is 10.1. The average molecular weight is 375 g/mol. The first kappa shape index (κ1) is 15.4. The van der Waals surface area contributed by atoms with Gasteiger partial charge in [-0.2, -0.15) is 0 Å². The summed E-state index contributed by atoms with van der Waals surface area (Å²) in [7, 11) is 0. The molecule has 1 amide bonds. The Morgan fingerprint density at radius 3 is 2.85 bits per heavy atom. The number of rotatable bonds is 4. The van der Waals surface area contributed by atoms with Crippen molar-refractivity contribution in [2.24, 2.45) is 5.92 Å². The first-order valence-electron chi connectivity index (χ1n) is 6.04. The number of benzene rings is 1. The molecule has 2 rings (SSSR count). The number of anilines is 1. The number of aromatic nitrogens is 2. The average Bonchev–Trinajstić information content (AvgIpc) is 2.79. The van der Waals surface area contributed by atoms with Gasteiger partial charge in [0.2, 0.25) is 5.13 Å². The van der Waals surface area contributed by atoms with Crippen LogP contribution in [0.2, 0.25) is 5.02 Å². The van der Waals surface area contributed by atoms with Crippen LogP contribution in [0.1, 0.15) is 29.2 Å². The largest absolute Gasteiger partial charge is 0.296 e. The van der Waals surface area contributed by atoms with Gasteiger partial charge < -0.3 is 0 Å². The highest BCUT2D eigenvalue weighted by Gasteiger charge is 2.12. The van der Waals surface area contributed by atoms with E-state index in [9.17, 15) is 4.79 Å². The monoisotopic (exact) mass is 373 g/mol. The zero-order valence-electron chi connectivity index (χ0n) is 11.0. The Morgan fingerprint density at radius 2 is 2.20 bits per heavy atom. The minimum atomic E-state index is -0.227. The molecule has 0 radical (unpaired) electrons. The Hall–Kier alpha value is -0.980. The van der Waals surface area contributed by atoms with Crippen LogP contribution in [0.25, 0.3) is 0 Å². The second-order valence-electron chi connectivity index (χ2n) is 4.68. The molecule has 20 heavy (non-hydrogen) atoms. The first-order chi connectivity index (χ1) is 9.45. The van der Waals surface area contributed by atoms with Crippen LogP contribution in [-0.4, -0.2) is 16.1 Å². The molecule has 0 saturated carbocycles. The van der Waals surface area contributed by atoms with Crippen LogP contribution in [0.3, 0.4) is 0 Å². The van der Waals surface area contributed by atoms with Gasteiger partial charge in [-0.05, 0) is 40.0 Å². The number of nitrogens with one attached hydrogen (secondary N) is 1. The van der Waals surface area contributed by atoms with Crippen molar-refractivity contribution in [3.8, 4) is 0 Å². The van der Waals surface area contributed by atoms with E-state index >= 15 is 0 Å². The molecule has 1 aromatic heterocycles. The molecule has 0 saturated heterocycles. The van der Waals surface area contributed by atoms with E-state index in [1.165, 1.54) is 11.3 Å². The van der Waals surface area contributed by atoms with E-state index < -0.39 is 0 Å². The number of carbonyl (C=O) groups excluding carboxylic acids is 1. The maximum Gasteiger partial charge on any atom is 0.257 e. The topological polar surface area (TPSA) is 54.9 Å². The molecule has 0 aliphatic heterocycles. The van der Waals surface area contributed by atoms with Crippen molar-refractivity contribution in [1.29, 1.82) is 0 Å². The fourth-order valence-corrected chi connectivity index (χ4v) is 2.99. The highest BCUT2D eigenvalue weighted by Crippen LogP contribution is 2.24. The van der Waals surface area contributed by atoms with Gasteiger partial charge in [0, 0.05) is 16.5 Å². The van der Waals surface area contributed by atoms with Crippen LogP contribution in [-0.2, 0) is 6.42 Å². The highest BCUT2D eigenvalue weighted by atomic mass is 79.9. The van der Waals surface area contributed by atoms with Gasteiger partial charge in [0.05, 0.1) is 5.02 Å². The molecular weight excluding hydrogens is 362 g/mol. The van der Waals surface area contributed by atoms with E-state index in [0.29, 0.717) is 26.1 Å². The van der Waals surface area contributed by atoms with Crippen molar-refractivity contribution in [2.75, 3.05) is 5.32 Å². The lowest BCUT2D eigenvalue weighted by Crippen LogP contribution is -2.11. The van der Waals surface area contributed by atoms with E-state index in [0.717, 1.165) is 11.4 Å². The number of hydrogen-bond acceptors (Lipinski definition) is 4. The molecule has 0 atom stereocenters. The van der Waals surface area contributed by atoms with Crippen molar-refractivity contribution >= 4 is 49.9 Å². The quantitative estimate of drug-likeness (QED) is 0.862. The van der Waals surface area contributed by atoms with E-state index in [1.54, 1.807) is 18.2 Å². The van der Waals surface area contributed by atoms with Gasteiger partial charge in [-0.15, -0.1) is 10.2 Å². The van der Waals surface area contributed by atoms with Gasteiger partial charge in [0.15, 0.2) is 0 Å². The summed E-state index contributed by atoms with van der Waals surface area (Å²) in [5, 5.41) is 12.8. The van der Waals surface area contributed by atoms with Gasteiger partial charge in [0.25, 0.3) is 5.91 Å². The lowest BCUT2D eigenvalue weighted by molar-refractivity contribution is 0.102. The summed E-state index contributed by atoms with van der Waals surface area (Å²) >= 11 is 10.6. The van der Waals surface area contributed by atoms with Crippen LogP contribution >= 0.6 is 38.9 Å². The second-order valence-corrected chi connectivity index (χ2v) is 7.01. The number of nitrogens with zero attached hydrogens (tertiary/aromatic N) is 2. The molecule has 0 spiro atoms. The van der Waals surface area contributed by atoms with Crippen molar-refractivity contribution in [3.63, 3.8) is 0 Å². The predicted octanol–water partition coefficient (Wildman–Crippen LogP) is 4.40. The molecular formula is C13H13BrClN3OS. The maximum absolute atomic E-state index is 12.1. The summed E-state index contributed by atoms with van der Waals surface area (Å²) in [6.07, 6.45) is 0.861. The molecule has 2 aromatic rings. The Balaban J connectivity index is 2.07. The molecule has 1 heterocycles. The van der Waals surface area contributed by atoms with Gasteiger partial charge in [-0.1, -0.05) is 36.8 Å². The lowest BCUT2D eigenvalue weighted by Gasteiger charge is -2.02. The van der Waals surface area contributed by atoms with Crippen LogP contribution in [0.15, 0.2) is 22.7 Å². The van der Waals surface area contributed by atoms with E-state index in [-0.39, 0.29) is 5.91 Å². The second kappa shape index (κ2) is 6.65. The molecule has 0 aliphatic rings. The molecule has 1 N–H and O–H groups in total. The minimum absolute atomic E-state index is 0.227. The zero-order chi connectivity index (χ0) is 14.7. The Kier molecular flexibility index (Phi) is 5.12. The molecule has 0 unspecified atom stereocenters. The normalized spacial score (nSPS) is 10.8. The van der Waals surface area contributed by atoms with Crippen LogP contribution in [0, 0.1) is 5.92 Å². The summed E-state index contributed by atoms with van der Waals surface area (Å²) in [5.41, 5.74) is 0.516. The fourth-order valence-electron chi connectivity index (χ4n) is 1.54. The molecule has 0 aliphatic carbocycles. The SMILES string of the molecule is CC(C)Cc1nnc(NC(=O)c2ccc(Cl)c(Br)c2)s1. The number of carbonyl (C=O) groups is 1. The minimum Gasteiger partial charge on any atom is -0.296 e. The molecule has 106 valence electrons. The Morgan fingerprint density at radius 1 is 1.45 bits per heavy atom. The maximum atomic E-state index is 12.1. The van der Waals surface area contributed by atoms with Crippen LogP contribution < -0.4 is 5.32 Å².